The average Bonchev–Trinajstić information content (AvgIpc) is 2.42. The number of phenols is 1. The first-order valence-corrected chi connectivity index (χ1v) is 5.87. The molecular weight excluding hydrogens is 266 g/mol. The van der Waals surface area contributed by atoms with Gasteiger partial charge < -0.3 is 25.0 Å². The Morgan fingerprint density at radius 2 is 2.05 bits per heavy atom. The second kappa shape index (κ2) is 7.34. The summed E-state index contributed by atoms with van der Waals surface area (Å²) in [6.45, 7) is 0.0639. The number of nitrogens with one attached hydrogen (secondary N) is 1. The summed E-state index contributed by atoms with van der Waals surface area (Å²) in [6.07, 6.45) is -0.812. The van der Waals surface area contributed by atoms with Gasteiger partial charge in [0.2, 0.25) is 0 Å². The highest BCUT2D eigenvalue weighted by Gasteiger charge is 2.15. The molecule has 20 heavy (non-hydrogen) atoms. The van der Waals surface area contributed by atoms with Gasteiger partial charge in [0.1, 0.15) is 0 Å². The van der Waals surface area contributed by atoms with Crippen LogP contribution in [0.15, 0.2) is 18.2 Å². The van der Waals surface area contributed by atoms with Gasteiger partial charge in [-0.05, 0) is 18.2 Å². The lowest BCUT2D eigenvalue weighted by molar-refractivity contribution is -0.139. The first-order valence-electron chi connectivity index (χ1n) is 5.87. The van der Waals surface area contributed by atoms with Crippen molar-refractivity contribution in [2.75, 3.05) is 20.8 Å². The van der Waals surface area contributed by atoms with Gasteiger partial charge in [-0.25, -0.2) is 0 Å². The maximum Gasteiger partial charge on any atom is 0.306 e. The summed E-state index contributed by atoms with van der Waals surface area (Å²) in [5.41, 5.74) is 0.244. The van der Waals surface area contributed by atoms with Gasteiger partial charge in [0, 0.05) is 19.2 Å². The lowest BCUT2D eigenvalue weighted by Gasteiger charge is -2.14. The molecule has 0 aliphatic carbocycles. The average molecular weight is 283 g/mol. The summed E-state index contributed by atoms with van der Waals surface area (Å²) in [6, 6.07) is 4.23. The Hall–Kier alpha value is -2.28. The van der Waals surface area contributed by atoms with E-state index < -0.39 is 18.0 Å². The largest absolute Gasteiger partial charge is 0.504 e. The van der Waals surface area contributed by atoms with Crippen LogP contribution in [0.25, 0.3) is 0 Å². The minimum Gasteiger partial charge on any atom is -0.504 e. The van der Waals surface area contributed by atoms with Crippen molar-refractivity contribution in [3.63, 3.8) is 0 Å². The number of hydrogen-bond acceptors (Lipinski definition) is 5. The minimum atomic E-state index is -1.01. The molecule has 0 spiro atoms. The van der Waals surface area contributed by atoms with E-state index in [2.05, 4.69) is 5.32 Å². The van der Waals surface area contributed by atoms with Gasteiger partial charge in [-0.2, -0.15) is 0 Å². The van der Waals surface area contributed by atoms with Crippen LogP contribution in [0, 0.1) is 0 Å². The highest BCUT2D eigenvalue weighted by Crippen LogP contribution is 2.26. The van der Waals surface area contributed by atoms with Crippen LogP contribution < -0.4 is 10.1 Å². The van der Waals surface area contributed by atoms with Crippen LogP contribution >= 0.6 is 0 Å². The van der Waals surface area contributed by atoms with E-state index in [0.717, 1.165) is 0 Å². The lowest BCUT2D eigenvalue weighted by atomic mass is 10.2. The van der Waals surface area contributed by atoms with Gasteiger partial charge >= 0.3 is 5.97 Å². The molecule has 7 heteroatoms. The Morgan fingerprint density at radius 3 is 2.55 bits per heavy atom. The number of phenolic OH excluding ortho intramolecular Hbond substituents is 1. The van der Waals surface area contributed by atoms with Crippen molar-refractivity contribution in [2.45, 2.75) is 12.5 Å². The van der Waals surface area contributed by atoms with Crippen LogP contribution in [0.4, 0.5) is 0 Å². The smallest absolute Gasteiger partial charge is 0.306 e. The van der Waals surface area contributed by atoms with E-state index >= 15 is 0 Å². The summed E-state index contributed by atoms with van der Waals surface area (Å²) in [5, 5.41) is 20.8. The maximum absolute atomic E-state index is 11.8. The monoisotopic (exact) mass is 283 g/mol. The number of amides is 1. The third-order valence-electron chi connectivity index (χ3n) is 2.67. The van der Waals surface area contributed by atoms with E-state index in [-0.39, 0.29) is 30.0 Å². The van der Waals surface area contributed by atoms with Crippen LogP contribution in [0.1, 0.15) is 16.8 Å². The van der Waals surface area contributed by atoms with Crippen molar-refractivity contribution >= 4 is 11.9 Å². The van der Waals surface area contributed by atoms with Gasteiger partial charge in [-0.15, -0.1) is 0 Å². The van der Waals surface area contributed by atoms with E-state index in [9.17, 15) is 14.7 Å². The zero-order valence-corrected chi connectivity index (χ0v) is 11.3. The number of carboxylic acids is 1. The van der Waals surface area contributed by atoms with Gasteiger partial charge in [0.25, 0.3) is 5.91 Å². The van der Waals surface area contributed by atoms with E-state index in [1.54, 1.807) is 0 Å². The molecule has 1 rings (SSSR count). The third-order valence-corrected chi connectivity index (χ3v) is 2.67. The Balaban J connectivity index is 2.62. The Morgan fingerprint density at radius 1 is 1.35 bits per heavy atom. The van der Waals surface area contributed by atoms with Crippen molar-refractivity contribution < 1.29 is 29.3 Å². The molecule has 0 aliphatic heterocycles. The molecule has 0 aliphatic rings. The minimum absolute atomic E-state index is 0.0639. The predicted molar refractivity (Wildman–Crippen MR) is 70.0 cm³/mol. The molecule has 0 radical (unpaired) electrons. The van der Waals surface area contributed by atoms with Crippen molar-refractivity contribution in [3.05, 3.63) is 23.8 Å². The molecule has 1 amide bonds. The zero-order valence-electron chi connectivity index (χ0n) is 11.3. The molecule has 7 nitrogen and oxygen atoms in total. The summed E-state index contributed by atoms with van der Waals surface area (Å²) in [5.74, 6) is -1.32. The molecule has 0 saturated carbocycles. The number of aliphatic carboxylic acids is 1. The van der Waals surface area contributed by atoms with E-state index in [4.69, 9.17) is 14.6 Å². The second-order valence-electron chi connectivity index (χ2n) is 4.05. The van der Waals surface area contributed by atoms with Crippen LogP contribution in [-0.2, 0) is 9.53 Å². The fraction of sp³-hybridized carbons (Fsp3) is 0.385. The SMILES string of the molecule is COc1ccc(C(=O)NCC(CC(=O)O)OC)cc1O. The van der Waals surface area contributed by atoms with Gasteiger partial charge in [0.05, 0.1) is 19.6 Å². The topological polar surface area (TPSA) is 105 Å². The first-order chi connectivity index (χ1) is 9.47. The molecule has 0 aromatic heterocycles. The molecule has 0 bridgehead atoms. The predicted octanol–water partition coefficient (Wildman–Crippen LogP) is 0.620. The second-order valence-corrected chi connectivity index (χ2v) is 4.05. The Kier molecular flexibility index (Phi) is 5.79. The molecule has 0 fully saturated rings. The maximum atomic E-state index is 11.8. The van der Waals surface area contributed by atoms with Crippen LogP contribution in [0.3, 0.4) is 0 Å². The standard InChI is InChI=1S/C13H17NO6/c1-19-9(6-12(16)17)7-14-13(18)8-3-4-11(20-2)10(15)5-8/h3-5,9,15H,6-7H2,1-2H3,(H,14,18)(H,16,17). The number of methoxy groups -OCH3 is 2. The molecule has 1 atom stereocenters. The fourth-order valence-electron chi connectivity index (χ4n) is 1.57. The summed E-state index contributed by atoms with van der Waals surface area (Å²) in [7, 11) is 2.78. The third kappa shape index (κ3) is 4.43. The quantitative estimate of drug-likeness (QED) is 0.677. The van der Waals surface area contributed by atoms with Gasteiger partial charge in [0.15, 0.2) is 11.5 Å². The van der Waals surface area contributed by atoms with Crippen LogP contribution in [0.2, 0.25) is 0 Å². The summed E-state index contributed by atoms with van der Waals surface area (Å²) in [4.78, 5) is 22.4. The van der Waals surface area contributed by atoms with Crippen LogP contribution in [0.5, 0.6) is 11.5 Å². The van der Waals surface area contributed by atoms with E-state index in [1.165, 1.54) is 32.4 Å². The summed E-state index contributed by atoms with van der Waals surface area (Å²) < 4.78 is 9.81. The number of aromatic hydroxyl groups is 1. The van der Waals surface area contributed by atoms with Crippen molar-refractivity contribution in [3.8, 4) is 11.5 Å². The van der Waals surface area contributed by atoms with E-state index in [1.807, 2.05) is 0 Å². The van der Waals surface area contributed by atoms with Crippen molar-refractivity contribution in [1.82, 2.24) is 5.32 Å². The molecule has 1 aromatic rings. The Labute approximate surface area is 116 Å². The molecule has 0 saturated heterocycles. The van der Waals surface area contributed by atoms with E-state index in [0.29, 0.717) is 0 Å². The number of carbonyl (C=O) groups is 2. The lowest BCUT2D eigenvalue weighted by Crippen LogP contribution is -2.34. The first kappa shape index (κ1) is 15.8. The molecule has 1 aromatic carbocycles. The number of rotatable bonds is 7. The van der Waals surface area contributed by atoms with Gasteiger partial charge in [-0.1, -0.05) is 0 Å². The zero-order chi connectivity index (χ0) is 15.1. The van der Waals surface area contributed by atoms with Crippen molar-refractivity contribution in [1.29, 1.82) is 0 Å². The van der Waals surface area contributed by atoms with Crippen LogP contribution in [-0.4, -0.2) is 49.0 Å². The number of hydrogen-bond donors (Lipinski definition) is 3. The molecule has 1 unspecified atom stereocenters. The molecule has 110 valence electrons. The Bertz CT molecular complexity index is 488. The molecular formula is C13H17NO6. The number of ether oxygens (including phenoxy) is 2. The van der Waals surface area contributed by atoms with Gasteiger partial charge in [-0.3, -0.25) is 9.59 Å². The molecule has 3 N–H and O–H groups in total. The highest BCUT2D eigenvalue weighted by molar-refractivity contribution is 5.94. The molecule has 0 heterocycles. The number of benzene rings is 1. The fourth-order valence-corrected chi connectivity index (χ4v) is 1.57. The number of carbonyl (C=O) groups excluding carboxylic acids is 1. The van der Waals surface area contributed by atoms with Crippen molar-refractivity contribution in [2.24, 2.45) is 0 Å². The highest BCUT2D eigenvalue weighted by atomic mass is 16.5. The summed E-state index contributed by atoms with van der Waals surface area (Å²) >= 11 is 0. The normalized spacial score (nSPS) is 11.7. The number of carboxylic acid groups (broad SMARTS) is 1.